The summed E-state index contributed by atoms with van der Waals surface area (Å²) in [5.41, 5.74) is 6.99. The van der Waals surface area contributed by atoms with Gasteiger partial charge in [-0.2, -0.15) is 0 Å². The number of nitrogens with zero attached hydrogens (tertiary/aromatic N) is 4. The van der Waals surface area contributed by atoms with Gasteiger partial charge in [0, 0.05) is 18.0 Å². The Hall–Kier alpha value is -3.45. The van der Waals surface area contributed by atoms with Crippen LogP contribution in [0.3, 0.4) is 0 Å². The summed E-state index contributed by atoms with van der Waals surface area (Å²) >= 11 is 0. The molecular weight excluding hydrogens is 357 g/mol. The van der Waals surface area contributed by atoms with Crippen molar-refractivity contribution < 1.29 is 9.13 Å². The van der Waals surface area contributed by atoms with Gasteiger partial charge in [-0.1, -0.05) is 24.3 Å². The first kappa shape index (κ1) is 20.9. The van der Waals surface area contributed by atoms with Crippen LogP contribution in [0, 0.1) is 12.7 Å². The zero-order valence-electron chi connectivity index (χ0n) is 16.1. The number of hydrogen-bond acceptors (Lipinski definition) is 5. The first-order chi connectivity index (χ1) is 13.6. The first-order valence-corrected chi connectivity index (χ1v) is 8.47. The Morgan fingerprint density at radius 1 is 1.11 bits per heavy atom. The van der Waals surface area contributed by atoms with E-state index < -0.39 is 5.82 Å². The van der Waals surface area contributed by atoms with Gasteiger partial charge in [-0.05, 0) is 43.9 Å². The van der Waals surface area contributed by atoms with Gasteiger partial charge in [0.1, 0.15) is 17.1 Å². The van der Waals surface area contributed by atoms with Crippen molar-refractivity contribution in [2.75, 3.05) is 14.2 Å². The largest absolute Gasteiger partial charge is 0.497 e. The smallest absolute Gasteiger partial charge is 0.179 e. The van der Waals surface area contributed by atoms with Crippen molar-refractivity contribution in [3.8, 4) is 16.9 Å². The third kappa shape index (κ3) is 4.63. The van der Waals surface area contributed by atoms with Gasteiger partial charge in [0.15, 0.2) is 11.7 Å². The molecule has 0 aliphatic carbocycles. The molecule has 0 atom stereocenters. The lowest BCUT2D eigenvalue weighted by Crippen LogP contribution is -2.01. The molecule has 0 unspecified atom stereocenters. The molecule has 144 valence electrons. The van der Waals surface area contributed by atoms with Crippen LogP contribution in [0.4, 0.5) is 10.1 Å². The highest BCUT2D eigenvalue weighted by Crippen LogP contribution is 2.33. The minimum Gasteiger partial charge on any atom is -0.497 e. The fourth-order valence-electron chi connectivity index (χ4n) is 2.49. The van der Waals surface area contributed by atoms with Gasteiger partial charge >= 0.3 is 0 Å². The third-order valence-electron chi connectivity index (χ3n) is 3.88. The quantitative estimate of drug-likeness (QED) is 0.549. The lowest BCUT2D eigenvalue weighted by Gasteiger charge is -2.10. The second-order valence-corrected chi connectivity index (χ2v) is 5.51. The monoisotopic (exact) mass is 379 g/mol. The summed E-state index contributed by atoms with van der Waals surface area (Å²) in [6.45, 7) is 5.30. The zero-order chi connectivity index (χ0) is 20.5. The number of aromatic nitrogens is 2. The fourth-order valence-corrected chi connectivity index (χ4v) is 2.49. The molecule has 0 spiro atoms. The number of hydrogen-bond donors (Lipinski definition) is 1. The van der Waals surface area contributed by atoms with E-state index >= 15 is 4.39 Å². The summed E-state index contributed by atoms with van der Waals surface area (Å²) in [7, 11) is 3.09. The van der Waals surface area contributed by atoms with Crippen LogP contribution in [0.15, 0.2) is 65.0 Å². The number of amidine groups is 1. The lowest BCUT2D eigenvalue weighted by atomic mass is 10.0. The molecule has 2 N–H and O–H groups in total. The maximum absolute atomic E-state index is 15.2. The highest BCUT2D eigenvalue weighted by atomic mass is 19.1. The molecule has 6 nitrogen and oxygen atoms in total. The van der Waals surface area contributed by atoms with Crippen molar-refractivity contribution in [2.45, 2.75) is 6.92 Å². The van der Waals surface area contributed by atoms with Gasteiger partial charge < -0.3 is 10.5 Å². The van der Waals surface area contributed by atoms with Gasteiger partial charge in [-0.15, -0.1) is 0 Å². The van der Waals surface area contributed by atoms with Gasteiger partial charge in [0.25, 0.3) is 0 Å². The number of methoxy groups -OCH3 is 1. The van der Waals surface area contributed by atoms with Crippen LogP contribution in [0.25, 0.3) is 11.1 Å². The van der Waals surface area contributed by atoms with E-state index in [4.69, 9.17) is 4.74 Å². The van der Waals surface area contributed by atoms with Crippen LogP contribution in [0.5, 0.6) is 5.75 Å². The van der Waals surface area contributed by atoms with Crippen LogP contribution < -0.4 is 10.5 Å². The molecule has 0 aliphatic heterocycles. The van der Waals surface area contributed by atoms with E-state index in [9.17, 15) is 0 Å². The number of rotatable bonds is 4. The van der Waals surface area contributed by atoms with Crippen LogP contribution in [0.2, 0.25) is 0 Å². The molecule has 0 amide bonds. The predicted octanol–water partition coefficient (Wildman–Crippen LogP) is 3.95. The van der Waals surface area contributed by atoms with Crippen LogP contribution in [-0.2, 0) is 0 Å². The van der Waals surface area contributed by atoms with Crippen molar-refractivity contribution in [1.29, 1.82) is 0 Å². The molecule has 2 aromatic carbocycles. The fraction of sp³-hybridized carbons (Fsp3) is 0.143. The Morgan fingerprint density at radius 3 is 2.39 bits per heavy atom. The van der Waals surface area contributed by atoms with Crippen LogP contribution in [0.1, 0.15) is 11.3 Å². The third-order valence-corrected chi connectivity index (χ3v) is 3.88. The van der Waals surface area contributed by atoms with Crippen molar-refractivity contribution in [1.82, 2.24) is 9.97 Å². The van der Waals surface area contributed by atoms with Gasteiger partial charge in [-0.3, -0.25) is 4.98 Å². The molecule has 0 fully saturated rings. The number of benzene rings is 2. The number of aryl methyl sites for hydroxylation is 1. The SMILES string of the molecule is C=NC(=Nc1c(C)ccc(-c2ccc(OC)cc2)c1F)c1cnccn1.CN. The molecule has 0 saturated carbocycles. The van der Waals surface area contributed by atoms with E-state index in [-0.39, 0.29) is 11.5 Å². The molecule has 28 heavy (non-hydrogen) atoms. The highest BCUT2D eigenvalue weighted by molar-refractivity contribution is 6.01. The molecule has 1 heterocycles. The van der Waals surface area contributed by atoms with E-state index in [0.717, 1.165) is 5.56 Å². The summed E-state index contributed by atoms with van der Waals surface area (Å²) < 4.78 is 20.3. The Kier molecular flexibility index (Phi) is 7.47. The maximum Gasteiger partial charge on any atom is 0.179 e. The summed E-state index contributed by atoms with van der Waals surface area (Å²) in [4.78, 5) is 16.4. The average Bonchev–Trinajstić information content (AvgIpc) is 2.76. The minimum absolute atomic E-state index is 0.200. The molecule has 0 saturated heterocycles. The van der Waals surface area contributed by atoms with Crippen molar-refractivity contribution in [2.24, 2.45) is 15.7 Å². The number of aliphatic imine (C=N–C) groups is 2. The second kappa shape index (κ2) is 10.0. The standard InChI is InChI=1S/C20H17FN4O.CH5N/c1-13-4-9-16(14-5-7-15(26-3)8-6-14)18(21)19(13)25-20(22-2)17-12-23-10-11-24-17;1-2/h4-12H,2H2,1,3H3;2H2,1H3. The summed E-state index contributed by atoms with van der Waals surface area (Å²) in [6.07, 6.45) is 4.57. The molecule has 1 aromatic heterocycles. The number of ether oxygens (including phenoxy) is 1. The lowest BCUT2D eigenvalue weighted by molar-refractivity contribution is 0.415. The van der Waals surface area contributed by atoms with Gasteiger partial charge in [0.05, 0.1) is 13.3 Å². The number of halogens is 1. The van der Waals surface area contributed by atoms with Gasteiger partial charge in [-0.25, -0.2) is 19.4 Å². The minimum atomic E-state index is -0.430. The van der Waals surface area contributed by atoms with Crippen molar-refractivity contribution in [3.63, 3.8) is 0 Å². The van der Waals surface area contributed by atoms with Crippen LogP contribution in [-0.4, -0.2) is 36.7 Å². The summed E-state index contributed by atoms with van der Waals surface area (Å²) in [6, 6.07) is 10.7. The predicted molar refractivity (Wildman–Crippen MR) is 111 cm³/mol. The Morgan fingerprint density at radius 2 is 1.82 bits per heavy atom. The molecule has 0 bridgehead atoms. The highest BCUT2D eigenvalue weighted by Gasteiger charge is 2.14. The molecule has 0 aliphatic rings. The Labute approximate surface area is 163 Å². The van der Waals surface area contributed by atoms with E-state index in [1.807, 2.05) is 6.07 Å². The molecule has 3 aromatic rings. The number of nitrogens with two attached hydrogens (primary N) is 1. The first-order valence-electron chi connectivity index (χ1n) is 8.47. The van der Waals surface area contributed by atoms with E-state index in [0.29, 0.717) is 22.6 Å². The summed E-state index contributed by atoms with van der Waals surface area (Å²) in [5, 5.41) is 0. The van der Waals surface area contributed by atoms with Crippen LogP contribution >= 0.6 is 0 Å². The normalized spacial score (nSPS) is 10.7. The van der Waals surface area contributed by atoms with Crippen molar-refractivity contribution in [3.05, 3.63) is 72.1 Å². The zero-order valence-corrected chi connectivity index (χ0v) is 16.1. The molecule has 3 rings (SSSR count). The Balaban J connectivity index is 0.00000136. The van der Waals surface area contributed by atoms with Gasteiger partial charge in [0.2, 0.25) is 0 Å². The van der Waals surface area contributed by atoms with E-state index in [1.54, 1.807) is 50.6 Å². The summed E-state index contributed by atoms with van der Waals surface area (Å²) in [5.74, 6) is 0.493. The average molecular weight is 379 g/mol. The van der Waals surface area contributed by atoms with Crippen molar-refractivity contribution >= 4 is 18.2 Å². The Bertz CT molecular complexity index is 957. The second-order valence-electron chi connectivity index (χ2n) is 5.51. The molecule has 0 radical (unpaired) electrons. The van der Waals surface area contributed by atoms with E-state index in [1.165, 1.54) is 19.4 Å². The maximum atomic E-state index is 15.2. The molecule has 7 heteroatoms. The van der Waals surface area contributed by atoms with E-state index in [2.05, 4.69) is 32.4 Å². The topological polar surface area (TPSA) is 85.8 Å². The molecular formula is C21H22FN5O.